The summed E-state index contributed by atoms with van der Waals surface area (Å²) in [4.78, 5) is 23.5. The number of fused-ring (bicyclic) bond motifs is 1. The Morgan fingerprint density at radius 3 is 2.33 bits per heavy atom. The molecule has 0 aliphatic rings. The summed E-state index contributed by atoms with van der Waals surface area (Å²) in [6.45, 7) is 1.99. The van der Waals surface area contributed by atoms with E-state index in [2.05, 4.69) is 0 Å². The molecule has 0 radical (unpaired) electrons. The van der Waals surface area contributed by atoms with Gasteiger partial charge in [-0.1, -0.05) is 13.3 Å². The number of aromatic nitrogens is 1. The standard InChI is InChI=1S/C19H18N2O5S/c1-3-4-16-11-14-12-17(27(2,25)26)9-10-18(14)20(16)19(22)13-5-7-15(8-6-13)21(23)24/h5-12H,3-4H2,1-2H3. The lowest BCUT2D eigenvalue weighted by Crippen LogP contribution is -2.15. The fourth-order valence-electron chi connectivity index (χ4n) is 3.02. The molecular formula is C19H18N2O5S. The summed E-state index contributed by atoms with van der Waals surface area (Å²) in [5.41, 5.74) is 1.61. The second kappa shape index (κ2) is 6.96. The molecule has 27 heavy (non-hydrogen) atoms. The highest BCUT2D eigenvalue weighted by molar-refractivity contribution is 7.90. The molecule has 140 valence electrons. The van der Waals surface area contributed by atoms with Crippen molar-refractivity contribution >= 4 is 32.3 Å². The Labute approximate surface area is 156 Å². The number of rotatable bonds is 5. The maximum atomic E-state index is 13.1. The number of sulfone groups is 1. The summed E-state index contributed by atoms with van der Waals surface area (Å²) in [6.07, 6.45) is 2.59. The largest absolute Gasteiger partial charge is 0.280 e. The van der Waals surface area contributed by atoms with Crippen LogP contribution in [0.25, 0.3) is 10.9 Å². The molecule has 0 aliphatic carbocycles. The minimum atomic E-state index is -3.35. The van der Waals surface area contributed by atoms with Crippen LogP contribution >= 0.6 is 0 Å². The van der Waals surface area contributed by atoms with Crippen molar-refractivity contribution in [3.05, 3.63) is 69.9 Å². The van der Waals surface area contributed by atoms with Crippen molar-refractivity contribution < 1.29 is 18.1 Å². The van der Waals surface area contributed by atoms with E-state index in [1.165, 1.54) is 30.3 Å². The SMILES string of the molecule is CCCc1cc2cc(S(C)(=O)=O)ccc2n1C(=O)c1ccc([N+](=O)[O-])cc1. The average Bonchev–Trinajstić information content (AvgIpc) is 2.98. The molecule has 0 amide bonds. The van der Waals surface area contributed by atoms with Crippen LogP contribution in [0, 0.1) is 10.1 Å². The van der Waals surface area contributed by atoms with Crippen molar-refractivity contribution in [2.75, 3.05) is 6.26 Å². The number of hydrogen-bond donors (Lipinski definition) is 0. The van der Waals surface area contributed by atoms with Crippen LogP contribution in [0.2, 0.25) is 0 Å². The van der Waals surface area contributed by atoms with Crippen LogP contribution < -0.4 is 0 Å². The monoisotopic (exact) mass is 386 g/mol. The molecule has 0 fully saturated rings. The van der Waals surface area contributed by atoms with Gasteiger partial charge in [0, 0.05) is 35.0 Å². The zero-order valence-electron chi connectivity index (χ0n) is 14.9. The summed E-state index contributed by atoms with van der Waals surface area (Å²) in [5, 5.41) is 11.5. The fraction of sp³-hybridized carbons (Fsp3) is 0.211. The second-order valence-corrected chi connectivity index (χ2v) is 8.34. The van der Waals surface area contributed by atoms with Crippen molar-refractivity contribution in [2.45, 2.75) is 24.7 Å². The Morgan fingerprint density at radius 2 is 1.78 bits per heavy atom. The van der Waals surface area contributed by atoms with Crippen LogP contribution in [0.1, 0.15) is 29.4 Å². The maximum absolute atomic E-state index is 13.1. The van der Waals surface area contributed by atoms with Crippen molar-refractivity contribution in [3.63, 3.8) is 0 Å². The van der Waals surface area contributed by atoms with E-state index in [9.17, 15) is 23.3 Å². The summed E-state index contributed by atoms with van der Waals surface area (Å²) >= 11 is 0. The van der Waals surface area contributed by atoms with E-state index in [1.54, 1.807) is 16.7 Å². The summed E-state index contributed by atoms with van der Waals surface area (Å²) < 4.78 is 25.2. The lowest BCUT2D eigenvalue weighted by atomic mass is 10.2. The van der Waals surface area contributed by atoms with E-state index < -0.39 is 14.8 Å². The Kier molecular flexibility index (Phi) is 4.84. The third-order valence-electron chi connectivity index (χ3n) is 4.31. The van der Waals surface area contributed by atoms with Gasteiger partial charge in [0.25, 0.3) is 11.6 Å². The molecule has 0 N–H and O–H groups in total. The van der Waals surface area contributed by atoms with Gasteiger partial charge >= 0.3 is 0 Å². The smallest absolute Gasteiger partial charge is 0.269 e. The van der Waals surface area contributed by atoms with E-state index in [1.807, 2.05) is 13.0 Å². The number of benzene rings is 2. The first-order chi connectivity index (χ1) is 12.7. The van der Waals surface area contributed by atoms with E-state index in [0.717, 1.165) is 18.4 Å². The lowest BCUT2D eigenvalue weighted by molar-refractivity contribution is -0.384. The Morgan fingerprint density at radius 1 is 1.11 bits per heavy atom. The van der Waals surface area contributed by atoms with Crippen LogP contribution in [0.4, 0.5) is 5.69 Å². The van der Waals surface area contributed by atoms with Crippen LogP contribution in [0.5, 0.6) is 0 Å². The van der Waals surface area contributed by atoms with Gasteiger partial charge in [-0.2, -0.15) is 0 Å². The first-order valence-corrected chi connectivity index (χ1v) is 10.2. The molecule has 3 rings (SSSR count). The first kappa shape index (κ1) is 18.8. The van der Waals surface area contributed by atoms with Crippen molar-refractivity contribution in [2.24, 2.45) is 0 Å². The molecule has 0 saturated carbocycles. The lowest BCUT2D eigenvalue weighted by Gasteiger charge is -2.09. The van der Waals surface area contributed by atoms with Gasteiger partial charge in [-0.25, -0.2) is 8.42 Å². The van der Waals surface area contributed by atoms with Crippen molar-refractivity contribution in [1.29, 1.82) is 0 Å². The predicted molar refractivity (Wildman–Crippen MR) is 102 cm³/mol. The Bertz CT molecular complexity index is 1140. The highest BCUT2D eigenvalue weighted by Gasteiger charge is 2.19. The highest BCUT2D eigenvalue weighted by atomic mass is 32.2. The zero-order valence-corrected chi connectivity index (χ0v) is 15.7. The molecule has 8 heteroatoms. The van der Waals surface area contributed by atoms with Gasteiger partial charge in [0.15, 0.2) is 9.84 Å². The Hall–Kier alpha value is -3.00. The number of non-ortho nitro benzene ring substituents is 1. The van der Waals surface area contributed by atoms with Gasteiger partial charge < -0.3 is 0 Å². The van der Waals surface area contributed by atoms with Gasteiger partial charge in [0.05, 0.1) is 15.3 Å². The number of nitrogens with zero attached hydrogens (tertiary/aromatic N) is 2. The molecule has 0 bridgehead atoms. The topological polar surface area (TPSA) is 99.3 Å². The highest BCUT2D eigenvalue weighted by Crippen LogP contribution is 2.26. The minimum absolute atomic E-state index is 0.0875. The van der Waals surface area contributed by atoms with E-state index in [0.29, 0.717) is 22.9 Å². The number of hydrogen-bond acceptors (Lipinski definition) is 5. The summed E-state index contributed by atoms with van der Waals surface area (Å²) in [7, 11) is -3.35. The number of carbonyl (C=O) groups is 1. The van der Waals surface area contributed by atoms with Crippen molar-refractivity contribution in [3.8, 4) is 0 Å². The van der Waals surface area contributed by atoms with Crippen LogP contribution in [-0.2, 0) is 16.3 Å². The minimum Gasteiger partial charge on any atom is -0.280 e. The average molecular weight is 386 g/mol. The molecular weight excluding hydrogens is 368 g/mol. The van der Waals surface area contributed by atoms with Gasteiger partial charge in [-0.15, -0.1) is 0 Å². The molecule has 0 aliphatic heterocycles. The molecule has 1 aromatic heterocycles. The third-order valence-corrected chi connectivity index (χ3v) is 5.42. The molecule has 0 atom stereocenters. The van der Waals surface area contributed by atoms with Crippen molar-refractivity contribution in [1.82, 2.24) is 4.57 Å². The molecule has 3 aromatic rings. The molecule has 2 aromatic carbocycles. The number of nitro groups is 1. The van der Waals surface area contributed by atoms with Gasteiger partial charge in [-0.3, -0.25) is 19.5 Å². The summed E-state index contributed by atoms with van der Waals surface area (Å²) in [6, 6.07) is 11.9. The molecule has 7 nitrogen and oxygen atoms in total. The molecule has 0 spiro atoms. The van der Waals surface area contributed by atoms with E-state index in [-0.39, 0.29) is 16.5 Å². The van der Waals surface area contributed by atoms with Gasteiger partial charge in [0.1, 0.15) is 0 Å². The Balaban J connectivity index is 2.14. The van der Waals surface area contributed by atoms with E-state index >= 15 is 0 Å². The van der Waals surface area contributed by atoms with Crippen LogP contribution in [-0.4, -0.2) is 30.1 Å². The first-order valence-electron chi connectivity index (χ1n) is 8.36. The number of nitro benzene ring substituents is 1. The van der Waals surface area contributed by atoms with E-state index in [4.69, 9.17) is 0 Å². The second-order valence-electron chi connectivity index (χ2n) is 6.32. The zero-order chi connectivity index (χ0) is 19.8. The normalized spacial score (nSPS) is 11.6. The fourth-order valence-corrected chi connectivity index (χ4v) is 3.67. The van der Waals surface area contributed by atoms with Crippen LogP contribution in [0.15, 0.2) is 53.4 Å². The molecule has 0 unspecified atom stereocenters. The predicted octanol–water partition coefficient (Wildman–Crippen LogP) is 3.59. The van der Waals surface area contributed by atoms with Gasteiger partial charge in [-0.05, 0) is 42.8 Å². The molecule has 1 heterocycles. The third kappa shape index (κ3) is 3.61. The van der Waals surface area contributed by atoms with Crippen LogP contribution in [0.3, 0.4) is 0 Å². The van der Waals surface area contributed by atoms with Gasteiger partial charge in [0.2, 0.25) is 0 Å². The maximum Gasteiger partial charge on any atom is 0.269 e. The molecule has 0 saturated heterocycles. The quantitative estimate of drug-likeness (QED) is 0.493. The number of carbonyl (C=O) groups excluding carboxylic acids is 1. The summed E-state index contributed by atoms with van der Waals surface area (Å²) in [5.74, 6) is -0.310. The number of aryl methyl sites for hydroxylation is 1.